The molecule has 2 fully saturated rings. The lowest BCUT2D eigenvalue weighted by Gasteiger charge is -2.37. The van der Waals surface area contributed by atoms with Gasteiger partial charge >= 0.3 is 0 Å². The van der Waals surface area contributed by atoms with Crippen molar-refractivity contribution in [2.24, 2.45) is 0 Å². The first-order valence-electron chi connectivity index (χ1n) is 6.57. The minimum Gasteiger partial charge on any atom is -0.294 e. The number of hydrogen-bond acceptors (Lipinski definition) is 4. The third-order valence-electron chi connectivity index (χ3n) is 3.54. The van der Waals surface area contributed by atoms with E-state index in [9.17, 15) is 18.0 Å². The van der Waals surface area contributed by atoms with Gasteiger partial charge in [0.25, 0.3) is 10.2 Å². The van der Waals surface area contributed by atoms with Gasteiger partial charge in [0.2, 0.25) is 11.8 Å². The molecule has 0 bridgehead atoms. The van der Waals surface area contributed by atoms with Crippen LogP contribution >= 0.6 is 0 Å². The Morgan fingerprint density at radius 1 is 1.21 bits per heavy atom. The van der Waals surface area contributed by atoms with E-state index in [0.29, 0.717) is 19.5 Å². The molecule has 0 saturated carbocycles. The van der Waals surface area contributed by atoms with Crippen LogP contribution in [0.5, 0.6) is 0 Å². The highest BCUT2D eigenvalue weighted by Gasteiger charge is 2.42. The molecule has 108 valence electrons. The maximum atomic E-state index is 12.5. The van der Waals surface area contributed by atoms with Crippen LogP contribution < -0.4 is 5.32 Å². The van der Waals surface area contributed by atoms with Crippen molar-refractivity contribution in [1.82, 2.24) is 13.9 Å². The molecule has 1 unspecified atom stereocenters. The highest BCUT2D eigenvalue weighted by molar-refractivity contribution is 7.86. The minimum absolute atomic E-state index is 0.275. The van der Waals surface area contributed by atoms with E-state index in [1.165, 1.54) is 4.31 Å². The zero-order valence-corrected chi connectivity index (χ0v) is 11.8. The molecule has 1 atom stereocenters. The molecule has 7 nitrogen and oxygen atoms in total. The second kappa shape index (κ2) is 5.56. The summed E-state index contributed by atoms with van der Waals surface area (Å²) in [4.78, 5) is 23.1. The Bertz CT molecular complexity index is 470. The van der Waals surface area contributed by atoms with Crippen molar-refractivity contribution >= 4 is 22.0 Å². The number of carbonyl (C=O) groups is 2. The van der Waals surface area contributed by atoms with Crippen LogP contribution in [0.1, 0.15) is 32.6 Å². The average molecular weight is 289 g/mol. The fourth-order valence-electron chi connectivity index (χ4n) is 2.52. The first-order chi connectivity index (χ1) is 8.96. The lowest BCUT2D eigenvalue weighted by atomic mass is 10.2. The fraction of sp³-hybridized carbons (Fsp3) is 0.818. The lowest BCUT2D eigenvalue weighted by Crippen LogP contribution is -2.62. The van der Waals surface area contributed by atoms with Crippen LogP contribution in [0.2, 0.25) is 0 Å². The molecule has 0 aromatic rings. The van der Waals surface area contributed by atoms with Crippen LogP contribution in [0.25, 0.3) is 0 Å². The highest BCUT2D eigenvalue weighted by atomic mass is 32.2. The summed E-state index contributed by atoms with van der Waals surface area (Å²) in [5, 5.41) is 2.18. The third-order valence-corrected chi connectivity index (χ3v) is 5.53. The molecule has 2 rings (SSSR count). The molecule has 0 aromatic heterocycles. The standard InChI is InChI=1S/C11H19N3O4S/c1-2-9-11(16)12-10(15)8-14(9)19(17,18)13-6-4-3-5-7-13/h9H,2-8H2,1H3,(H,12,15,16). The first kappa shape index (κ1) is 14.4. The second-order valence-corrected chi connectivity index (χ2v) is 6.73. The van der Waals surface area contributed by atoms with Gasteiger partial charge in [-0.15, -0.1) is 0 Å². The molecular weight excluding hydrogens is 270 g/mol. The molecule has 0 aliphatic carbocycles. The van der Waals surface area contributed by atoms with Crippen molar-refractivity contribution in [3.8, 4) is 0 Å². The number of nitrogens with one attached hydrogen (secondary N) is 1. The van der Waals surface area contributed by atoms with Gasteiger partial charge in [-0.25, -0.2) is 0 Å². The van der Waals surface area contributed by atoms with Crippen molar-refractivity contribution in [1.29, 1.82) is 0 Å². The molecule has 2 saturated heterocycles. The predicted molar refractivity (Wildman–Crippen MR) is 68.3 cm³/mol. The van der Waals surface area contributed by atoms with Crippen LogP contribution in [0.4, 0.5) is 0 Å². The van der Waals surface area contributed by atoms with Gasteiger partial charge in [-0.05, 0) is 19.3 Å². The van der Waals surface area contributed by atoms with E-state index in [0.717, 1.165) is 23.6 Å². The molecule has 0 radical (unpaired) electrons. The summed E-state index contributed by atoms with van der Waals surface area (Å²) in [7, 11) is -3.73. The quantitative estimate of drug-likeness (QED) is 0.707. The number of carbonyl (C=O) groups excluding carboxylic acids is 2. The Morgan fingerprint density at radius 2 is 1.84 bits per heavy atom. The Morgan fingerprint density at radius 3 is 2.42 bits per heavy atom. The molecule has 8 heteroatoms. The van der Waals surface area contributed by atoms with Crippen molar-refractivity contribution in [3.63, 3.8) is 0 Å². The summed E-state index contributed by atoms with van der Waals surface area (Å²) in [5.41, 5.74) is 0. The second-order valence-electron chi connectivity index (χ2n) is 4.85. The zero-order valence-electron chi connectivity index (χ0n) is 11.0. The van der Waals surface area contributed by atoms with E-state index in [1.807, 2.05) is 0 Å². The number of piperidine rings is 1. The third kappa shape index (κ3) is 2.80. The topological polar surface area (TPSA) is 86.8 Å². The van der Waals surface area contributed by atoms with Gasteiger partial charge in [0.1, 0.15) is 6.04 Å². The summed E-state index contributed by atoms with van der Waals surface area (Å²) in [5.74, 6) is -1.09. The lowest BCUT2D eigenvalue weighted by molar-refractivity contribution is -0.137. The van der Waals surface area contributed by atoms with E-state index in [-0.39, 0.29) is 6.54 Å². The number of hydrogen-bond donors (Lipinski definition) is 1. The van der Waals surface area contributed by atoms with Crippen molar-refractivity contribution < 1.29 is 18.0 Å². The van der Waals surface area contributed by atoms with Crippen LogP contribution in [-0.4, -0.2) is 54.5 Å². The Balaban J connectivity index is 2.25. The van der Waals surface area contributed by atoms with Gasteiger partial charge in [0, 0.05) is 13.1 Å². The molecule has 0 aromatic carbocycles. The number of nitrogens with zero attached hydrogens (tertiary/aromatic N) is 2. The van der Waals surface area contributed by atoms with Gasteiger partial charge in [0.15, 0.2) is 0 Å². The number of piperazine rings is 1. The van der Waals surface area contributed by atoms with Gasteiger partial charge in [-0.1, -0.05) is 13.3 Å². The van der Waals surface area contributed by atoms with Crippen LogP contribution in [0, 0.1) is 0 Å². The van der Waals surface area contributed by atoms with E-state index in [4.69, 9.17) is 0 Å². The normalized spacial score (nSPS) is 27.3. The van der Waals surface area contributed by atoms with Crippen LogP contribution in [0.3, 0.4) is 0 Å². The van der Waals surface area contributed by atoms with Crippen molar-refractivity contribution in [2.75, 3.05) is 19.6 Å². The summed E-state index contributed by atoms with van der Waals surface area (Å²) in [6, 6.07) is -0.787. The van der Waals surface area contributed by atoms with Gasteiger partial charge in [-0.3, -0.25) is 14.9 Å². The Hall–Kier alpha value is -0.990. The summed E-state index contributed by atoms with van der Waals surface area (Å²) >= 11 is 0. The van der Waals surface area contributed by atoms with Crippen molar-refractivity contribution in [2.45, 2.75) is 38.6 Å². The fourth-order valence-corrected chi connectivity index (χ4v) is 4.38. The SMILES string of the molecule is CCC1C(=O)NC(=O)CN1S(=O)(=O)N1CCCCC1. The first-order valence-corrected chi connectivity index (χ1v) is 7.97. The molecule has 2 aliphatic heterocycles. The van der Waals surface area contributed by atoms with Crippen molar-refractivity contribution in [3.05, 3.63) is 0 Å². The molecular formula is C11H19N3O4S. The van der Waals surface area contributed by atoms with Gasteiger partial charge in [0.05, 0.1) is 6.54 Å². The van der Waals surface area contributed by atoms with E-state index >= 15 is 0 Å². The molecule has 2 aliphatic rings. The molecule has 1 N–H and O–H groups in total. The number of imide groups is 1. The molecule has 0 spiro atoms. The summed E-state index contributed by atoms with van der Waals surface area (Å²) in [6.45, 7) is 2.39. The van der Waals surface area contributed by atoms with E-state index in [2.05, 4.69) is 5.32 Å². The maximum absolute atomic E-state index is 12.5. The molecule has 19 heavy (non-hydrogen) atoms. The Labute approximate surface area is 113 Å². The Kier molecular flexibility index (Phi) is 4.22. The monoisotopic (exact) mass is 289 g/mol. The number of rotatable bonds is 3. The predicted octanol–water partition coefficient (Wildman–Crippen LogP) is -0.546. The average Bonchev–Trinajstić information content (AvgIpc) is 2.39. The summed E-state index contributed by atoms with van der Waals surface area (Å²) < 4.78 is 27.5. The molecule has 2 amide bonds. The van der Waals surface area contributed by atoms with E-state index < -0.39 is 28.1 Å². The van der Waals surface area contributed by atoms with Gasteiger partial charge in [-0.2, -0.15) is 17.0 Å². The molecule has 2 heterocycles. The largest absolute Gasteiger partial charge is 0.294 e. The minimum atomic E-state index is -3.73. The maximum Gasteiger partial charge on any atom is 0.283 e. The number of amides is 2. The summed E-state index contributed by atoms with van der Waals surface area (Å²) in [6.07, 6.45) is 3.02. The van der Waals surface area contributed by atoms with Crippen LogP contribution in [0.15, 0.2) is 0 Å². The van der Waals surface area contributed by atoms with Gasteiger partial charge < -0.3 is 0 Å². The zero-order chi connectivity index (χ0) is 14.0. The highest BCUT2D eigenvalue weighted by Crippen LogP contribution is 2.21. The smallest absolute Gasteiger partial charge is 0.283 e. The van der Waals surface area contributed by atoms with Crippen LogP contribution in [-0.2, 0) is 19.8 Å². The van der Waals surface area contributed by atoms with E-state index in [1.54, 1.807) is 6.92 Å².